The number of aliphatic hydroxyl groups is 1. The van der Waals surface area contributed by atoms with Gasteiger partial charge in [-0.3, -0.25) is 0 Å². The Balaban J connectivity index is 2.52. The number of rotatable bonds is 3. The van der Waals surface area contributed by atoms with Crippen LogP contribution in [0.4, 0.5) is 0 Å². The van der Waals surface area contributed by atoms with Gasteiger partial charge in [0.05, 0.1) is 6.61 Å². The van der Waals surface area contributed by atoms with Crippen molar-refractivity contribution in [3.05, 3.63) is 11.6 Å². The van der Waals surface area contributed by atoms with Crippen molar-refractivity contribution in [3.63, 3.8) is 0 Å². The molecule has 0 aromatic rings. The molecular formula is C16H30O. The van der Waals surface area contributed by atoms with Crippen LogP contribution in [0.5, 0.6) is 0 Å². The quantitative estimate of drug-likeness (QED) is 0.722. The molecule has 1 fully saturated rings. The molecule has 0 atom stereocenters. The molecule has 0 aromatic carbocycles. The summed E-state index contributed by atoms with van der Waals surface area (Å²) in [6, 6.07) is 0. The summed E-state index contributed by atoms with van der Waals surface area (Å²) in [5.41, 5.74) is 1.69. The Bertz CT molecular complexity index is 249. The lowest BCUT2D eigenvalue weighted by molar-refractivity contribution is 0.162. The summed E-state index contributed by atoms with van der Waals surface area (Å²) in [5, 5.41) is 9.34. The molecule has 1 aliphatic rings. The van der Waals surface area contributed by atoms with Crippen LogP contribution >= 0.6 is 0 Å². The molecule has 1 N–H and O–H groups in total. The van der Waals surface area contributed by atoms with Gasteiger partial charge in [0, 0.05) is 0 Å². The van der Waals surface area contributed by atoms with Gasteiger partial charge in [0.1, 0.15) is 0 Å². The van der Waals surface area contributed by atoms with Gasteiger partial charge in [-0.05, 0) is 54.4 Å². The van der Waals surface area contributed by atoms with Crippen molar-refractivity contribution in [1.82, 2.24) is 0 Å². The molecule has 100 valence electrons. The summed E-state index contributed by atoms with van der Waals surface area (Å²) in [6.45, 7) is 11.7. The Hall–Kier alpha value is -0.300. The number of aliphatic hydroxyl groups excluding tert-OH is 1. The third kappa shape index (κ3) is 4.46. The van der Waals surface area contributed by atoms with E-state index in [4.69, 9.17) is 0 Å². The zero-order valence-corrected chi connectivity index (χ0v) is 12.3. The monoisotopic (exact) mass is 238 g/mol. The molecule has 1 heteroatoms. The fraction of sp³-hybridized carbons (Fsp3) is 0.875. The molecule has 0 spiro atoms. The van der Waals surface area contributed by atoms with Gasteiger partial charge < -0.3 is 5.11 Å². The molecule has 0 unspecified atom stereocenters. The maximum atomic E-state index is 9.34. The van der Waals surface area contributed by atoms with Crippen molar-refractivity contribution in [2.75, 3.05) is 6.61 Å². The molecule has 0 bridgehead atoms. The second kappa shape index (κ2) is 6.04. The summed E-state index contributed by atoms with van der Waals surface area (Å²) in [6.07, 6.45) is 7.66. The second-order valence-corrected chi connectivity index (χ2v) is 7.03. The van der Waals surface area contributed by atoms with Crippen molar-refractivity contribution in [3.8, 4) is 0 Å². The first-order valence-corrected chi connectivity index (χ1v) is 7.16. The maximum absolute atomic E-state index is 9.34. The Morgan fingerprint density at radius 1 is 1.18 bits per heavy atom. The zero-order chi connectivity index (χ0) is 13.1. The van der Waals surface area contributed by atoms with Crippen molar-refractivity contribution in [1.29, 1.82) is 0 Å². The van der Waals surface area contributed by atoms with E-state index in [1.54, 1.807) is 0 Å². The molecule has 0 radical (unpaired) electrons. The van der Waals surface area contributed by atoms with Crippen LogP contribution in [0.1, 0.15) is 60.3 Å². The molecule has 0 heterocycles. The highest BCUT2D eigenvalue weighted by atomic mass is 16.3. The molecule has 0 aliphatic heterocycles. The van der Waals surface area contributed by atoms with Gasteiger partial charge in [-0.1, -0.05) is 40.7 Å². The van der Waals surface area contributed by atoms with E-state index in [0.29, 0.717) is 17.3 Å². The van der Waals surface area contributed by atoms with Crippen LogP contribution in [0.15, 0.2) is 11.6 Å². The van der Waals surface area contributed by atoms with Gasteiger partial charge in [-0.2, -0.15) is 0 Å². The minimum atomic E-state index is 0.233. The Kier molecular flexibility index (Phi) is 5.24. The lowest BCUT2D eigenvalue weighted by Crippen LogP contribution is -2.25. The van der Waals surface area contributed by atoms with E-state index in [1.807, 2.05) is 0 Å². The normalized spacial score (nSPS) is 27.6. The summed E-state index contributed by atoms with van der Waals surface area (Å²) in [5.74, 6) is 2.07. The molecule has 1 aliphatic carbocycles. The highest BCUT2D eigenvalue weighted by molar-refractivity contribution is 5.08. The number of hydrogen-bond acceptors (Lipinski definition) is 1. The van der Waals surface area contributed by atoms with Crippen LogP contribution in [0.3, 0.4) is 0 Å². The standard InChI is InChI=1S/C16H30O/c1-12(2)14(11-17)10-13-6-8-15(9-7-13)16(3,4)5/h10,12-13,15,17H,6-9,11H2,1-5H3. The minimum absolute atomic E-state index is 0.233. The maximum Gasteiger partial charge on any atom is 0.0644 e. The fourth-order valence-corrected chi connectivity index (χ4v) is 2.88. The molecule has 0 aromatic heterocycles. The molecule has 1 nitrogen and oxygen atoms in total. The van der Waals surface area contributed by atoms with Crippen LogP contribution < -0.4 is 0 Å². The first-order valence-electron chi connectivity index (χ1n) is 7.16. The molecule has 0 amide bonds. The summed E-state index contributed by atoms with van der Waals surface area (Å²) < 4.78 is 0. The topological polar surface area (TPSA) is 20.2 Å². The van der Waals surface area contributed by atoms with Crippen molar-refractivity contribution in [2.24, 2.45) is 23.2 Å². The van der Waals surface area contributed by atoms with E-state index >= 15 is 0 Å². The van der Waals surface area contributed by atoms with E-state index in [-0.39, 0.29) is 6.61 Å². The second-order valence-electron chi connectivity index (χ2n) is 7.03. The highest BCUT2D eigenvalue weighted by Gasteiger charge is 2.29. The predicted octanol–water partition coefficient (Wildman–Crippen LogP) is 4.41. The predicted molar refractivity (Wildman–Crippen MR) is 74.9 cm³/mol. The third-order valence-electron chi connectivity index (χ3n) is 4.37. The molecule has 1 saturated carbocycles. The smallest absolute Gasteiger partial charge is 0.0644 e. The molecule has 17 heavy (non-hydrogen) atoms. The molecule has 1 rings (SSSR count). The van der Waals surface area contributed by atoms with E-state index in [0.717, 1.165) is 5.92 Å². The average molecular weight is 238 g/mol. The largest absolute Gasteiger partial charge is 0.392 e. The van der Waals surface area contributed by atoms with Gasteiger partial charge >= 0.3 is 0 Å². The Labute approximate surface area is 107 Å². The van der Waals surface area contributed by atoms with Gasteiger partial charge in [-0.25, -0.2) is 0 Å². The molecule has 0 saturated heterocycles. The Morgan fingerprint density at radius 2 is 1.71 bits per heavy atom. The van der Waals surface area contributed by atoms with Crippen molar-refractivity contribution >= 4 is 0 Å². The SMILES string of the molecule is CC(C)C(=CC1CCC(C(C)(C)C)CC1)CO. The fourth-order valence-electron chi connectivity index (χ4n) is 2.88. The average Bonchev–Trinajstić information content (AvgIpc) is 2.25. The van der Waals surface area contributed by atoms with Crippen molar-refractivity contribution in [2.45, 2.75) is 60.3 Å². The van der Waals surface area contributed by atoms with Crippen LogP contribution in [0.2, 0.25) is 0 Å². The van der Waals surface area contributed by atoms with Gasteiger partial charge in [-0.15, -0.1) is 0 Å². The lowest BCUT2D eigenvalue weighted by atomic mass is 9.69. The molecular weight excluding hydrogens is 208 g/mol. The van der Waals surface area contributed by atoms with Crippen molar-refractivity contribution < 1.29 is 5.11 Å². The first-order chi connectivity index (χ1) is 7.84. The summed E-state index contributed by atoms with van der Waals surface area (Å²) in [7, 11) is 0. The zero-order valence-electron chi connectivity index (χ0n) is 12.3. The van der Waals surface area contributed by atoms with E-state index in [1.165, 1.54) is 31.3 Å². The van der Waals surface area contributed by atoms with E-state index < -0.39 is 0 Å². The summed E-state index contributed by atoms with van der Waals surface area (Å²) in [4.78, 5) is 0. The lowest BCUT2D eigenvalue weighted by Gasteiger charge is -2.36. The highest BCUT2D eigenvalue weighted by Crippen LogP contribution is 2.40. The van der Waals surface area contributed by atoms with Crippen LogP contribution in [-0.4, -0.2) is 11.7 Å². The van der Waals surface area contributed by atoms with Crippen LogP contribution in [0.25, 0.3) is 0 Å². The minimum Gasteiger partial charge on any atom is -0.392 e. The number of hydrogen-bond donors (Lipinski definition) is 1. The first kappa shape index (κ1) is 14.8. The van der Waals surface area contributed by atoms with Gasteiger partial charge in [0.15, 0.2) is 0 Å². The van der Waals surface area contributed by atoms with Crippen LogP contribution in [-0.2, 0) is 0 Å². The number of allylic oxidation sites excluding steroid dienone is 1. The van der Waals surface area contributed by atoms with Gasteiger partial charge in [0.25, 0.3) is 0 Å². The van der Waals surface area contributed by atoms with E-state index in [2.05, 4.69) is 40.7 Å². The van der Waals surface area contributed by atoms with Crippen LogP contribution in [0, 0.1) is 23.2 Å². The van der Waals surface area contributed by atoms with E-state index in [9.17, 15) is 5.11 Å². The Morgan fingerprint density at radius 3 is 2.06 bits per heavy atom. The summed E-state index contributed by atoms with van der Waals surface area (Å²) >= 11 is 0. The third-order valence-corrected chi connectivity index (χ3v) is 4.37. The van der Waals surface area contributed by atoms with Gasteiger partial charge in [0.2, 0.25) is 0 Å².